The normalized spacial score (nSPS) is 13.2. The van der Waals surface area contributed by atoms with Crippen LogP contribution in [0.1, 0.15) is 53.4 Å². The quantitative estimate of drug-likeness (QED) is 0.669. The molecule has 1 N–H and O–H groups in total. The molecule has 166 valence electrons. The molecule has 0 saturated carbocycles. The number of hydrogen-bond acceptors (Lipinski definition) is 5. The van der Waals surface area contributed by atoms with Crippen LogP contribution in [0.5, 0.6) is 0 Å². The van der Waals surface area contributed by atoms with Gasteiger partial charge in [-0.25, -0.2) is 19.1 Å². The fraction of sp³-hybridized carbons (Fsp3) is 0.435. The molecule has 0 spiro atoms. The maximum Gasteiger partial charge on any atom is 0.408 e. The summed E-state index contributed by atoms with van der Waals surface area (Å²) in [7, 11) is 0. The molecule has 31 heavy (non-hydrogen) atoms. The van der Waals surface area contributed by atoms with Crippen LogP contribution in [0.3, 0.4) is 0 Å². The molecule has 2 aromatic heterocycles. The van der Waals surface area contributed by atoms with E-state index >= 15 is 0 Å². The van der Waals surface area contributed by atoms with Crippen molar-refractivity contribution < 1.29 is 14.3 Å². The van der Waals surface area contributed by atoms with E-state index in [9.17, 15) is 9.59 Å². The summed E-state index contributed by atoms with van der Waals surface area (Å²) in [6.07, 6.45) is 1.05. The average molecular weight is 427 g/mol. The minimum Gasteiger partial charge on any atom is -0.444 e. The predicted molar refractivity (Wildman–Crippen MR) is 119 cm³/mol. The van der Waals surface area contributed by atoms with Crippen molar-refractivity contribution in [3.05, 3.63) is 65.0 Å². The van der Waals surface area contributed by atoms with Gasteiger partial charge in [-0.05, 0) is 65.8 Å². The van der Waals surface area contributed by atoms with Crippen LogP contribution in [0.2, 0.25) is 0 Å². The molecule has 0 fully saturated rings. The summed E-state index contributed by atoms with van der Waals surface area (Å²) < 4.78 is 14.4. The molecule has 8 heteroatoms. The van der Waals surface area contributed by atoms with Crippen LogP contribution in [0, 0.1) is 0 Å². The summed E-state index contributed by atoms with van der Waals surface area (Å²) in [5.41, 5.74) is -0.290. The first-order valence-corrected chi connectivity index (χ1v) is 10.2. The van der Waals surface area contributed by atoms with Crippen molar-refractivity contribution in [1.82, 2.24) is 19.3 Å². The van der Waals surface area contributed by atoms with E-state index < -0.39 is 23.3 Å². The van der Waals surface area contributed by atoms with Crippen LogP contribution in [0.4, 0.5) is 4.79 Å². The smallest absolute Gasteiger partial charge is 0.408 e. The van der Waals surface area contributed by atoms with Gasteiger partial charge in [0.05, 0.1) is 17.9 Å². The third kappa shape index (κ3) is 5.73. The molecule has 1 unspecified atom stereocenters. The Bertz CT molecular complexity index is 1100. The van der Waals surface area contributed by atoms with Crippen molar-refractivity contribution in [3.63, 3.8) is 0 Å². The highest BCUT2D eigenvalue weighted by Crippen LogP contribution is 2.20. The second-order valence-electron chi connectivity index (χ2n) is 9.28. The lowest BCUT2D eigenvalue weighted by molar-refractivity contribution is -0.0188. The van der Waals surface area contributed by atoms with Gasteiger partial charge in [-0.1, -0.05) is 18.2 Å². The molecule has 0 radical (unpaired) electrons. The van der Waals surface area contributed by atoms with Gasteiger partial charge in [-0.15, -0.1) is 0 Å². The first kappa shape index (κ1) is 22.6. The van der Waals surface area contributed by atoms with Crippen molar-refractivity contribution in [2.45, 2.75) is 58.8 Å². The van der Waals surface area contributed by atoms with Gasteiger partial charge < -0.3 is 14.8 Å². The zero-order chi connectivity index (χ0) is 22.8. The van der Waals surface area contributed by atoms with E-state index in [1.165, 1.54) is 8.97 Å². The molecule has 3 rings (SSSR count). The number of carbonyl (C=O) groups is 1. The number of amides is 1. The Hall–Kier alpha value is -3.13. The van der Waals surface area contributed by atoms with Crippen LogP contribution in [-0.4, -0.2) is 37.9 Å². The van der Waals surface area contributed by atoms with Crippen molar-refractivity contribution in [2.24, 2.45) is 0 Å². The number of aromatic nitrogens is 3. The Labute approximate surface area is 181 Å². The Morgan fingerprint density at radius 1 is 1.03 bits per heavy atom. The zero-order valence-corrected chi connectivity index (χ0v) is 18.9. The molecule has 0 saturated heterocycles. The predicted octanol–water partition coefficient (Wildman–Crippen LogP) is 3.87. The maximum absolute atomic E-state index is 13.3. The third-order valence-electron chi connectivity index (χ3n) is 4.28. The largest absolute Gasteiger partial charge is 0.444 e. The number of benzene rings is 1. The zero-order valence-electron chi connectivity index (χ0n) is 18.9. The van der Waals surface area contributed by atoms with Crippen LogP contribution >= 0.6 is 0 Å². The fourth-order valence-corrected chi connectivity index (χ4v) is 3.02. The first-order chi connectivity index (χ1) is 14.4. The standard InChI is InChI=1S/C23H30N4O4/c1-22(2,3)30-15-17(24-20(28)31-23(4,5)6)19-25-18-13-10-14-26(18)21(29)27(19)16-11-8-7-9-12-16/h7-14,17H,15H2,1-6H3,(H,24,28). The van der Waals surface area contributed by atoms with Crippen LogP contribution in [-0.2, 0) is 9.47 Å². The highest BCUT2D eigenvalue weighted by molar-refractivity contribution is 5.68. The van der Waals surface area contributed by atoms with Crippen molar-refractivity contribution >= 4 is 11.7 Å². The third-order valence-corrected chi connectivity index (χ3v) is 4.28. The summed E-state index contributed by atoms with van der Waals surface area (Å²) >= 11 is 0. The Balaban J connectivity index is 2.13. The molecule has 0 aliphatic heterocycles. The minimum absolute atomic E-state index is 0.110. The first-order valence-electron chi connectivity index (χ1n) is 10.2. The average Bonchev–Trinajstić information content (AvgIpc) is 3.12. The number of para-hydroxylation sites is 1. The number of alkyl carbamates (subject to hydrolysis) is 1. The number of hydrogen-bond donors (Lipinski definition) is 1. The highest BCUT2D eigenvalue weighted by atomic mass is 16.6. The second kappa shape index (κ2) is 8.55. The minimum atomic E-state index is -0.720. The van der Waals surface area contributed by atoms with Gasteiger partial charge in [0, 0.05) is 6.20 Å². The van der Waals surface area contributed by atoms with E-state index in [-0.39, 0.29) is 12.3 Å². The lowest BCUT2D eigenvalue weighted by atomic mass is 10.2. The van der Waals surface area contributed by atoms with Crippen LogP contribution < -0.4 is 11.0 Å². The Morgan fingerprint density at radius 3 is 2.32 bits per heavy atom. The van der Waals surface area contributed by atoms with E-state index in [4.69, 9.17) is 14.5 Å². The molecule has 1 aromatic carbocycles. The molecule has 0 aliphatic carbocycles. The lowest BCUT2D eigenvalue weighted by Gasteiger charge is -2.28. The summed E-state index contributed by atoms with van der Waals surface area (Å²) in [5.74, 6) is 0.359. The van der Waals surface area contributed by atoms with Gasteiger partial charge in [0.1, 0.15) is 23.1 Å². The molecule has 1 atom stereocenters. The number of nitrogens with zero attached hydrogens (tertiary/aromatic N) is 3. The van der Waals surface area contributed by atoms with Crippen molar-refractivity contribution in [3.8, 4) is 5.69 Å². The van der Waals surface area contributed by atoms with E-state index in [0.29, 0.717) is 17.2 Å². The Morgan fingerprint density at radius 2 is 1.71 bits per heavy atom. The molecule has 0 aliphatic rings. The second-order valence-corrected chi connectivity index (χ2v) is 9.28. The Kier molecular flexibility index (Phi) is 6.22. The summed E-state index contributed by atoms with van der Waals surface area (Å²) in [4.78, 5) is 30.6. The number of carbonyl (C=O) groups excluding carboxylic acids is 1. The molecule has 0 bridgehead atoms. The van der Waals surface area contributed by atoms with E-state index in [0.717, 1.165) is 0 Å². The fourth-order valence-electron chi connectivity index (χ4n) is 3.02. The van der Waals surface area contributed by atoms with Gasteiger partial charge in [0.15, 0.2) is 0 Å². The monoisotopic (exact) mass is 426 g/mol. The van der Waals surface area contributed by atoms with Crippen molar-refractivity contribution in [2.75, 3.05) is 6.61 Å². The number of rotatable bonds is 5. The molecule has 1 amide bonds. The van der Waals surface area contributed by atoms with Gasteiger partial charge in [0.2, 0.25) is 0 Å². The summed E-state index contributed by atoms with van der Waals surface area (Å²) in [5, 5.41) is 2.84. The number of ether oxygens (including phenoxy) is 2. The maximum atomic E-state index is 13.3. The van der Waals surface area contributed by atoms with Gasteiger partial charge in [-0.3, -0.25) is 4.40 Å². The SMILES string of the molecule is CC(C)(C)OCC(NC(=O)OC(C)(C)C)c1nc2cccn2c(=O)n1-c1ccccc1. The van der Waals surface area contributed by atoms with Crippen LogP contribution in [0.25, 0.3) is 11.3 Å². The van der Waals surface area contributed by atoms with E-state index in [2.05, 4.69) is 5.32 Å². The van der Waals surface area contributed by atoms with Gasteiger partial charge >= 0.3 is 11.8 Å². The topological polar surface area (TPSA) is 86.9 Å². The summed E-state index contributed by atoms with van der Waals surface area (Å²) in [6, 6.07) is 12.0. The van der Waals surface area contributed by atoms with Crippen LogP contribution in [0.15, 0.2) is 53.5 Å². The van der Waals surface area contributed by atoms with Gasteiger partial charge in [0.25, 0.3) is 0 Å². The molecule has 2 heterocycles. The van der Waals surface area contributed by atoms with E-state index in [1.54, 1.807) is 39.1 Å². The molecular weight excluding hydrogens is 396 g/mol. The number of nitrogens with one attached hydrogen (secondary N) is 1. The van der Waals surface area contributed by atoms with E-state index in [1.807, 2.05) is 51.1 Å². The number of fused-ring (bicyclic) bond motifs is 1. The van der Waals surface area contributed by atoms with Crippen molar-refractivity contribution in [1.29, 1.82) is 0 Å². The molecular formula is C23H30N4O4. The lowest BCUT2D eigenvalue weighted by Crippen LogP contribution is -2.41. The van der Waals surface area contributed by atoms with Gasteiger partial charge in [-0.2, -0.15) is 0 Å². The molecule has 8 nitrogen and oxygen atoms in total. The molecule has 3 aromatic rings. The highest BCUT2D eigenvalue weighted by Gasteiger charge is 2.27. The summed E-state index contributed by atoms with van der Waals surface area (Å²) in [6.45, 7) is 11.2.